The number of nitrogens with one attached hydrogen (secondary N) is 1. The van der Waals surface area contributed by atoms with Crippen LogP contribution in [0.25, 0.3) is 0 Å². The Morgan fingerprint density at radius 2 is 2.35 bits per heavy atom. The molecule has 0 aliphatic heterocycles. The van der Waals surface area contributed by atoms with Crippen molar-refractivity contribution in [3.63, 3.8) is 0 Å². The van der Waals surface area contributed by atoms with Crippen LogP contribution in [0, 0.1) is 6.92 Å². The van der Waals surface area contributed by atoms with Crippen LogP contribution in [0.1, 0.15) is 23.9 Å². The van der Waals surface area contributed by atoms with Gasteiger partial charge in [0.15, 0.2) is 0 Å². The lowest BCUT2D eigenvalue weighted by Gasteiger charge is -2.11. The van der Waals surface area contributed by atoms with Crippen LogP contribution in [0.15, 0.2) is 29.0 Å². The Bertz CT molecular complexity index is 459. The summed E-state index contributed by atoms with van der Waals surface area (Å²) in [6, 6.07) is 4.32. The first kappa shape index (κ1) is 11.9. The van der Waals surface area contributed by atoms with Crippen molar-refractivity contribution < 1.29 is 4.42 Å². The number of hydrogen-bond acceptors (Lipinski definition) is 3. The molecule has 0 bridgehead atoms. The summed E-state index contributed by atoms with van der Waals surface area (Å²) in [5.74, 6) is 1.02. The first-order valence-electron chi connectivity index (χ1n) is 5.90. The number of hydrogen-bond donors (Lipinski definition) is 1. The van der Waals surface area contributed by atoms with Gasteiger partial charge in [0.2, 0.25) is 0 Å². The van der Waals surface area contributed by atoms with Crippen LogP contribution in [-0.4, -0.2) is 15.8 Å². The van der Waals surface area contributed by atoms with E-state index in [4.69, 9.17) is 4.42 Å². The van der Waals surface area contributed by atoms with Crippen molar-refractivity contribution in [3.05, 3.63) is 41.6 Å². The van der Waals surface area contributed by atoms with Gasteiger partial charge < -0.3 is 9.73 Å². The third kappa shape index (κ3) is 3.20. The van der Waals surface area contributed by atoms with Crippen molar-refractivity contribution in [2.24, 2.45) is 7.05 Å². The van der Waals surface area contributed by atoms with E-state index in [1.807, 2.05) is 30.8 Å². The lowest BCUT2D eigenvalue weighted by molar-refractivity contribution is 0.456. The molecule has 2 aromatic rings. The fourth-order valence-electron chi connectivity index (χ4n) is 1.91. The van der Waals surface area contributed by atoms with Crippen LogP contribution in [-0.2, 0) is 20.0 Å². The third-order valence-corrected chi connectivity index (χ3v) is 2.84. The predicted octanol–water partition coefficient (Wildman–Crippen LogP) is 2.04. The molecular weight excluding hydrogens is 214 g/mol. The SMILES string of the molecule is Cc1nn(C)cc1CNC(C)Cc1ccco1. The summed E-state index contributed by atoms with van der Waals surface area (Å²) in [5, 5.41) is 7.80. The average Bonchev–Trinajstić information content (AvgIpc) is 2.86. The lowest BCUT2D eigenvalue weighted by atomic mass is 10.2. The van der Waals surface area contributed by atoms with Crippen molar-refractivity contribution in [3.8, 4) is 0 Å². The van der Waals surface area contributed by atoms with Gasteiger partial charge in [0.25, 0.3) is 0 Å². The average molecular weight is 233 g/mol. The summed E-state index contributed by atoms with van der Waals surface area (Å²) in [6.07, 6.45) is 4.68. The molecule has 0 spiro atoms. The van der Waals surface area contributed by atoms with Gasteiger partial charge in [0.1, 0.15) is 5.76 Å². The second kappa shape index (κ2) is 5.19. The summed E-state index contributed by atoms with van der Waals surface area (Å²) >= 11 is 0. The number of aromatic nitrogens is 2. The minimum absolute atomic E-state index is 0.390. The molecule has 0 fully saturated rings. The van der Waals surface area contributed by atoms with E-state index >= 15 is 0 Å². The minimum atomic E-state index is 0.390. The summed E-state index contributed by atoms with van der Waals surface area (Å²) in [7, 11) is 1.95. The van der Waals surface area contributed by atoms with E-state index in [-0.39, 0.29) is 0 Å². The lowest BCUT2D eigenvalue weighted by Crippen LogP contribution is -2.27. The van der Waals surface area contributed by atoms with Gasteiger partial charge in [-0.05, 0) is 26.0 Å². The highest BCUT2D eigenvalue weighted by Crippen LogP contribution is 2.07. The molecule has 2 rings (SSSR count). The van der Waals surface area contributed by atoms with Gasteiger partial charge in [0, 0.05) is 37.8 Å². The summed E-state index contributed by atoms with van der Waals surface area (Å²) in [4.78, 5) is 0. The van der Waals surface area contributed by atoms with Gasteiger partial charge >= 0.3 is 0 Å². The van der Waals surface area contributed by atoms with Crippen LogP contribution in [0.2, 0.25) is 0 Å². The van der Waals surface area contributed by atoms with Crippen LogP contribution in [0.3, 0.4) is 0 Å². The summed E-state index contributed by atoms with van der Waals surface area (Å²) in [6.45, 7) is 5.05. The van der Waals surface area contributed by atoms with Gasteiger partial charge in [-0.3, -0.25) is 4.68 Å². The smallest absolute Gasteiger partial charge is 0.105 e. The zero-order valence-electron chi connectivity index (χ0n) is 10.6. The van der Waals surface area contributed by atoms with Crippen LogP contribution in [0.5, 0.6) is 0 Å². The first-order valence-corrected chi connectivity index (χ1v) is 5.90. The number of nitrogens with zero attached hydrogens (tertiary/aromatic N) is 2. The van der Waals surface area contributed by atoms with Gasteiger partial charge in [-0.15, -0.1) is 0 Å². The van der Waals surface area contributed by atoms with Gasteiger partial charge in [-0.2, -0.15) is 5.10 Å². The maximum atomic E-state index is 5.33. The van der Waals surface area contributed by atoms with E-state index in [9.17, 15) is 0 Å². The second-order valence-electron chi connectivity index (χ2n) is 4.48. The third-order valence-electron chi connectivity index (χ3n) is 2.84. The molecule has 0 amide bonds. The van der Waals surface area contributed by atoms with Crippen molar-refractivity contribution in [2.75, 3.05) is 0 Å². The molecule has 0 saturated carbocycles. The van der Waals surface area contributed by atoms with Crippen LogP contribution >= 0.6 is 0 Å². The maximum Gasteiger partial charge on any atom is 0.105 e. The summed E-state index contributed by atoms with van der Waals surface area (Å²) < 4.78 is 7.18. The standard InChI is InChI=1S/C13H19N3O/c1-10(7-13-5-4-6-17-13)14-8-12-9-16(3)15-11(12)2/h4-6,9-10,14H,7-8H2,1-3H3. The molecule has 0 aromatic carbocycles. The van der Waals surface area contributed by atoms with Gasteiger partial charge in [-0.25, -0.2) is 0 Å². The first-order chi connectivity index (χ1) is 8.15. The Kier molecular flexibility index (Phi) is 3.64. The van der Waals surface area contributed by atoms with Crippen LogP contribution < -0.4 is 5.32 Å². The predicted molar refractivity (Wildman–Crippen MR) is 66.7 cm³/mol. The highest BCUT2D eigenvalue weighted by Gasteiger charge is 2.07. The monoisotopic (exact) mass is 233 g/mol. The van der Waals surface area contributed by atoms with Crippen molar-refractivity contribution >= 4 is 0 Å². The quantitative estimate of drug-likeness (QED) is 0.859. The Labute approximate surface area is 102 Å². The van der Waals surface area contributed by atoms with Gasteiger partial charge in [0.05, 0.1) is 12.0 Å². The van der Waals surface area contributed by atoms with E-state index in [1.54, 1.807) is 6.26 Å². The molecule has 0 aliphatic carbocycles. The molecule has 4 heteroatoms. The van der Waals surface area contributed by atoms with Crippen molar-refractivity contribution in [2.45, 2.75) is 32.9 Å². The molecule has 92 valence electrons. The summed E-state index contributed by atoms with van der Waals surface area (Å²) in [5.41, 5.74) is 2.34. The molecule has 1 N–H and O–H groups in total. The normalized spacial score (nSPS) is 12.9. The molecule has 0 aliphatic rings. The zero-order valence-corrected chi connectivity index (χ0v) is 10.6. The van der Waals surface area contributed by atoms with E-state index in [0.29, 0.717) is 6.04 Å². The second-order valence-corrected chi connectivity index (χ2v) is 4.48. The number of furan rings is 1. The van der Waals surface area contributed by atoms with E-state index in [2.05, 4.69) is 23.5 Å². The largest absolute Gasteiger partial charge is 0.469 e. The number of rotatable bonds is 5. The number of aryl methyl sites for hydroxylation is 2. The minimum Gasteiger partial charge on any atom is -0.469 e. The Morgan fingerprint density at radius 3 is 2.94 bits per heavy atom. The highest BCUT2D eigenvalue weighted by molar-refractivity contribution is 5.15. The molecule has 1 atom stereocenters. The van der Waals surface area contributed by atoms with E-state index in [1.165, 1.54) is 5.56 Å². The fraction of sp³-hybridized carbons (Fsp3) is 0.462. The van der Waals surface area contributed by atoms with Crippen molar-refractivity contribution in [1.82, 2.24) is 15.1 Å². The zero-order chi connectivity index (χ0) is 12.3. The van der Waals surface area contributed by atoms with E-state index in [0.717, 1.165) is 24.4 Å². The molecule has 2 aromatic heterocycles. The maximum absolute atomic E-state index is 5.33. The van der Waals surface area contributed by atoms with E-state index < -0.39 is 0 Å². The molecule has 2 heterocycles. The molecule has 0 radical (unpaired) electrons. The Morgan fingerprint density at radius 1 is 1.53 bits per heavy atom. The van der Waals surface area contributed by atoms with Crippen molar-refractivity contribution in [1.29, 1.82) is 0 Å². The Balaban J connectivity index is 1.84. The molecule has 0 saturated heterocycles. The molecule has 4 nitrogen and oxygen atoms in total. The fourth-order valence-corrected chi connectivity index (χ4v) is 1.91. The Hall–Kier alpha value is -1.55. The molecule has 1 unspecified atom stereocenters. The van der Waals surface area contributed by atoms with Gasteiger partial charge in [-0.1, -0.05) is 0 Å². The molecule has 17 heavy (non-hydrogen) atoms. The topological polar surface area (TPSA) is 43.0 Å². The van der Waals surface area contributed by atoms with Crippen LogP contribution in [0.4, 0.5) is 0 Å². The highest BCUT2D eigenvalue weighted by atomic mass is 16.3. The molecular formula is C13H19N3O.